The van der Waals surface area contributed by atoms with E-state index in [1.165, 1.54) is 0 Å². The minimum absolute atomic E-state index is 0.127. The van der Waals surface area contributed by atoms with Crippen molar-refractivity contribution in [2.24, 2.45) is 11.8 Å². The first-order chi connectivity index (χ1) is 4.79. The highest BCUT2D eigenvalue weighted by Gasteiger charge is 2.17. The molecule has 0 bridgehead atoms. The van der Waals surface area contributed by atoms with E-state index in [2.05, 4.69) is 31.9 Å². The van der Waals surface area contributed by atoms with E-state index in [1.807, 2.05) is 0 Å². The molecular weight excluding hydrogens is 264 g/mol. The van der Waals surface area contributed by atoms with Crippen molar-refractivity contribution in [2.75, 3.05) is 23.9 Å². The number of aliphatic hydroxyl groups is 2. The standard InChI is InChI=1S/C6H12Br2O2/c7-1-5(3-9)6(2-8)4-10/h5-6,9-10H,1-4H2. The molecule has 0 heterocycles. The van der Waals surface area contributed by atoms with Crippen LogP contribution in [0.3, 0.4) is 0 Å². The Hall–Kier alpha value is 0.880. The summed E-state index contributed by atoms with van der Waals surface area (Å²) in [6, 6.07) is 0. The maximum absolute atomic E-state index is 8.80. The van der Waals surface area contributed by atoms with Crippen LogP contribution in [0.5, 0.6) is 0 Å². The molecule has 10 heavy (non-hydrogen) atoms. The van der Waals surface area contributed by atoms with Crippen LogP contribution in [0.25, 0.3) is 0 Å². The average Bonchev–Trinajstić information content (AvgIpc) is 2.00. The molecule has 0 aromatic rings. The molecule has 0 spiro atoms. The van der Waals surface area contributed by atoms with Crippen LogP contribution in [0.2, 0.25) is 0 Å². The summed E-state index contributed by atoms with van der Waals surface area (Å²) in [6.45, 7) is 0.254. The lowest BCUT2D eigenvalue weighted by Gasteiger charge is -2.18. The van der Waals surface area contributed by atoms with E-state index in [-0.39, 0.29) is 25.0 Å². The highest BCUT2D eigenvalue weighted by molar-refractivity contribution is 9.09. The van der Waals surface area contributed by atoms with E-state index < -0.39 is 0 Å². The number of hydrogen-bond acceptors (Lipinski definition) is 2. The van der Waals surface area contributed by atoms with Gasteiger partial charge in [0.1, 0.15) is 0 Å². The van der Waals surface area contributed by atoms with Crippen LogP contribution in [0.15, 0.2) is 0 Å². The van der Waals surface area contributed by atoms with E-state index in [0.717, 1.165) is 10.7 Å². The smallest absolute Gasteiger partial charge is 0.0471 e. The quantitative estimate of drug-likeness (QED) is 0.735. The topological polar surface area (TPSA) is 40.5 Å². The first-order valence-corrected chi connectivity index (χ1v) is 5.38. The maximum atomic E-state index is 8.80. The normalized spacial score (nSPS) is 16.8. The van der Waals surface area contributed by atoms with Crippen LogP contribution in [-0.2, 0) is 0 Å². The van der Waals surface area contributed by atoms with E-state index >= 15 is 0 Å². The van der Waals surface area contributed by atoms with E-state index in [4.69, 9.17) is 10.2 Å². The molecule has 0 fully saturated rings. The largest absolute Gasteiger partial charge is 0.396 e. The van der Waals surface area contributed by atoms with Gasteiger partial charge in [-0.1, -0.05) is 31.9 Å². The molecule has 0 aromatic carbocycles. The number of halogens is 2. The van der Waals surface area contributed by atoms with E-state index in [1.54, 1.807) is 0 Å². The fraction of sp³-hybridized carbons (Fsp3) is 1.00. The molecule has 0 aliphatic carbocycles. The highest BCUT2D eigenvalue weighted by atomic mass is 79.9. The molecule has 62 valence electrons. The summed E-state index contributed by atoms with van der Waals surface area (Å²) in [5, 5.41) is 19.1. The first-order valence-electron chi connectivity index (χ1n) is 3.13. The molecule has 0 aliphatic heterocycles. The Kier molecular flexibility index (Phi) is 7.16. The van der Waals surface area contributed by atoms with Gasteiger partial charge in [-0.05, 0) is 11.8 Å². The Morgan fingerprint density at radius 3 is 1.30 bits per heavy atom. The summed E-state index contributed by atoms with van der Waals surface area (Å²) < 4.78 is 0. The van der Waals surface area contributed by atoms with Gasteiger partial charge in [-0.3, -0.25) is 0 Å². The molecule has 0 radical (unpaired) electrons. The van der Waals surface area contributed by atoms with Crippen molar-refractivity contribution >= 4 is 31.9 Å². The van der Waals surface area contributed by atoms with Gasteiger partial charge in [0.15, 0.2) is 0 Å². The summed E-state index contributed by atoms with van der Waals surface area (Å²) in [6.07, 6.45) is 0. The molecule has 0 aromatic heterocycles. The third-order valence-corrected chi connectivity index (χ3v) is 3.20. The zero-order valence-corrected chi connectivity index (χ0v) is 8.81. The third kappa shape index (κ3) is 3.32. The molecule has 2 N–H and O–H groups in total. The molecule has 0 aliphatic rings. The van der Waals surface area contributed by atoms with Crippen LogP contribution >= 0.6 is 31.9 Å². The predicted molar refractivity (Wildman–Crippen MR) is 48.7 cm³/mol. The lowest BCUT2D eigenvalue weighted by Crippen LogP contribution is -2.24. The molecule has 4 heteroatoms. The summed E-state index contributed by atoms with van der Waals surface area (Å²) in [4.78, 5) is 0. The van der Waals surface area contributed by atoms with Gasteiger partial charge in [0, 0.05) is 23.9 Å². The molecule has 0 saturated carbocycles. The van der Waals surface area contributed by atoms with E-state index in [0.29, 0.717) is 0 Å². The number of rotatable bonds is 5. The van der Waals surface area contributed by atoms with Gasteiger partial charge in [0.05, 0.1) is 0 Å². The van der Waals surface area contributed by atoms with Gasteiger partial charge in [-0.2, -0.15) is 0 Å². The average molecular weight is 276 g/mol. The van der Waals surface area contributed by atoms with Gasteiger partial charge in [0.25, 0.3) is 0 Å². The predicted octanol–water partition coefficient (Wildman–Crippen LogP) is 0.993. The second-order valence-electron chi connectivity index (χ2n) is 2.19. The molecule has 0 saturated heterocycles. The lowest BCUT2D eigenvalue weighted by atomic mass is 9.98. The molecule has 2 nitrogen and oxygen atoms in total. The SMILES string of the molecule is OCC(CBr)C(CO)CBr. The van der Waals surface area contributed by atoms with Crippen molar-refractivity contribution in [1.29, 1.82) is 0 Å². The summed E-state index contributed by atoms with van der Waals surface area (Å²) in [5.74, 6) is 0.314. The lowest BCUT2D eigenvalue weighted by molar-refractivity contribution is 0.147. The van der Waals surface area contributed by atoms with Crippen molar-refractivity contribution in [3.8, 4) is 0 Å². The molecule has 2 unspecified atom stereocenters. The van der Waals surface area contributed by atoms with Crippen LogP contribution in [-0.4, -0.2) is 34.1 Å². The van der Waals surface area contributed by atoms with Gasteiger partial charge in [0.2, 0.25) is 0 Å². The first kappa shape index (κ1) is 10.9. The van der Waals surface area contributed by atoms with Gasteiger partial charge >= 0.3 is 0 Å². The Labute approximate surface area is 77.9 Å². The van der Waals surface area contributed by atoms with Gasteiger partial charge in [-0.15, -0.1) is 0 Å². The van der Waals surface area contributed by atoms with Crippen LogP contribution in [0, 0.1) is 11.8 Å². The fourth-order valence-electron chi connectivity index (χ4n) is 0.648. The molecular formula is C6H12Br2O2. The summed E-state index contributed by atoms with van der Waals surface area (Å²) in [7, 11) is 0. The van der Waals surface area contributed by atoms with Crippen molar-refractivity contribution in [3.05, 3.63) is 0 Å². The Bertz CT molecular complexity index is 62.1. The van der Waals surface area contributed by atoms with Crippen LogP contribution < -0.4 is 0 Å². The zero-order valence-electron chi connectivity index (χ0n) is 5.63. The van der Waals surface area contributed by atoms with E-state index in [9.17, 15) is 0 Å². The Morgan fingerprint density at radius 1 is 0.900 bits per heavy atom. The summed E-state index contributed by atoms with van der Waals surface area (Å²) in [5.41, 5.74) is 0. The van der Waals surface area contributed by atoms with Crippen molar-refractivity contribution in [2.45, 2.75) is 0 Å². The summed E-state index contributed by atoms with van der Waals surface area (Å²) >= 11 is 6.53. The van der Waals surface area contributed by atoms with Crippen LogP contribution in [0.4, 0.5) is 0 Å². The zero-order chi connectivity index (χ0) is 7.98. The van der Waals surface area contributed by atoms with Gasteiger partial charge in [-0.25, -0.2) is 0 Å². The second-order valence-corrected chi connectivity index (χ2v) is 3.49. The molecule has 0 rings (SSSR count). The minimum Gasteiger partial charge on any atom is -0.396 e. The second kappa shape index (κ2) is 6.58. The van der Waals surface area contributed by atoms with Crippen molar-refractivity contribution < 1.29 is 10.2 Å². The Balaban J connectivity index is 3.70. The number of alkyl halides is 2. The number of hydrogen-bond donors (Lipinski definition) is 2. The van der Waals surface area contributed by atoms with Crippen LogP contribution in [0.1, 0.15) is 0 Å². The molecule has 2 atom stereocenters. The maximum Gasteiger partial charge on any atom is 0.0471 e. The molecule has 0 amide bonds. The van der Waals surface area contributed by atoms with Crippen molar-refractivity contribution in [3.63, 3.8) is 0 Å². The fourth-order valence-corrected chi connectivity index (χ4v) is 2.11. The Morgan fingerprint density at radius 2 is 1.20 bits per heavy atom. The minimum atomic E-state index is 0.127. The highest BCUT2D eigenvalue weighted by Crippen LogP contribution is 2.15. The van der Waals surface area contributed by atoms with Gasteiger partial charge < -0.3 is 10.2 Å². The van der Waals surface area contributed by atoms with Crippen molar-refractivity contribution in [1.82, 2.24) is 0 Å². The third-order valence-electron chi connectivity index (χ3n) is 1.53. The number of aliphatic hydroxyl groups excluding tert-OH is 2. The monoisotopic (exact) mass is 274 g/mol.